The van der Waals surface area contributed by atoms with Gasteiger partial charge in [0.25, 0.3) is 15.9 Å². The third-order valence-corrected chi connectivity index (χ3v) is 6.30. The zero-order chi connectivity index (χ0) is 23.7. The number of hydrogen-bond donors (Lipinski definition) is 2. The number of anilines is 2. The molecular formula is C22H18ClF3N2O3S. The van der Waals surface area contributed by atoms with E-state index >= 15 is 0 Å². The molecule has 0 radical (unpaired) electrons. The predicted molar refractivity (Wildman–Crippen MR) is 118 cm³/mol. The number of carbonyl (C=O) groups is 1. The fourth-order valence-electron chi connectivity index (χ4n) is 3.00. The minimum atomic E-state index is -4.74. The van der Waals surface area contributed by atoms with E-state index in [2.05, 4.69) is 10.0 Å². The molecule has 168 valence electrons. The number of amides is 1. The van der Waals surface area contributed by atoms with Crippen molar-refractivity contribution in [2.75, 3.05) is 10.0 Å². The molecule has 10 heteroatoms. The number of aryl methyl sites for hydroxylation is 2. The van der Waals surface area contributed by atoms with Crippen molar-refractivity contribution in [3.63, 3.8) is 0 Å². The molecule has 1 amide bonds. The predicted octanol–water partition coefficient (Wildman–Crippen LogP) is 6.03. The van der Waals surface area contributed by atoms with Gasteiger partial charge >= 0.3 is 6.18 Å². The number of sulfonamides is 1. The molecule has 0 atom stereocenters. The highest BCUT2D eigenvalue weighted by atomic mass is 35.5. The first-order valence-corrected chi connectivity index (χ1v) is 11.1. The average Bonchev–Trinajstić information content (AvgIpc) is 2.68. The first-order valence-electron chi connectivity index (χ1n) is 9.25. The molecule has 2 N–H and O–H groups in total. The molecule has 0 saturated carbocycles. The largest absolute Gasteiger partial charge is 0.418 e. The Hall–Kier alpha value is -3.04. The molecule has 0 aromatic heterocycles. The molecular weight excluding hydrogens is 465 g/mol. The Kier molecular flexibility index (Phi) is 6.52. The Morgan fingerprint density at radius 2 is 1.69 bits per heavy atom. The average molecular weight is 483 g/mol. The van der Waals surface area contributed by atoms with E-state index in [1.165, 1.54) is 18.2 Å². The van der Waals surface area contributed by atoms with Gasteiger partial charge in [0.2, 0.25) is 0 Å². The Morgan fingerprint density at radius 3 is 2.34 bits per heavy atom. The fourth-order valence-corrected chi connectivity index (χ4v) is 4.50. The summed E-state index contributed by atoms with van der Waals surface area (Å²) in [5.41, 5.74) is -0.171. The third kappa shape index (κ3) is 5.41. The maximum atomic E-state index is 13.3. The summed E-state index contributed by atoms with van der Waals surface area (Å²) in [5.74, 6) is -0.898. The van der Waals surface area contributed by atoms with Gasteiger partial charge in [-0.15, -0.1) is 0 Å². The van der Waals surface area contributed by atoms with Crippen molar-refractivity contribution in [3.05, 3.63) is 87.9 Å². The monoisotopic (exact) mass is 482 g/mol. The second kappa shape index (κ2) is 8.84. The minimum absolute atomic E-state index is 0.122. The number of carbonyl (C=O) groups excluding carboxylic acids is 1. The molecule has 3 aromatic rings. The van der Waals surface area contributed by atoms with Crippen LogP contribution in [0, 0.1) is 13.8 Å². The maximum Gasteiger partial charge on any atom is 0.418 e. The molecule has 0 unspecified atom stereocenters. The van der Waals surface area contributed by atoms with Gasteiger partial charge in [0.15, 0.2) is 0 Å². The van der Waals surface area contributed by atoms with Gasteiger partial charge in [-0.2, -0.15) is 13.2 Å². The topological polar surface area (TPSA) is 75.3 Å². The van der Waals surface area contributed by atoms with Crippen molar-refractivity contribution in [1.29, 1.82) is 0 Å². The molecule has 0 fully saturated rings. The molecule has 3 aromatic carbocycles. The van der Waals surface area contributed by atoms with Gasteiger partial charge in [-0.3, -0.25) is 9.52 Å². The molecule has 3 rings (SSSR count). The second-order valence-corrected chi connectivity index (χ2v) is 9.18. The van der Waals surface area contributed by atoms with Crippen LogP contribution in [-0.4, -0.2) is 14.3 Å². The summed E-state index contributed by atoms with van der Waals surface area (Å²) in [6, 6.07) is 13.5. The van der Waals surface area contributed by atoms with Crippen molar-refractivity contribution < 1.29 is 26.4 Å². The van der Waals surface area contributed by atoms with Crippen LogP contribution in [0.15, 0.2) is 65.6 Å². The Morgan fingerprint density at radius 1 is 0.969 bits per heavy atom. The van der Waals surface area contributed by atoms with E-state index in [4.69, 9.17) is 11.6 Å². The van der Waals surface area contributed by atoms with Crippen molar-refractivity contribution in [2.45, 2.75) is 24.9 Å². The molecule has 0 heterocycles. The highest BCUT2D eigenvalue weighted by Gasteiger charge is 2.34. The van der Waals surface area contributed by atoms with E-state index in [0.717, 1.165) is 17.7 Å². The van der Waals surface area contributed by atoms with Crippen molar-refractivity contribution >= 4 is 38.9 Å². The van der Waals surface area contributed by atoms with Crippen LogP contribution in [0.3, 0.4) is 0 Å². The Bertz CT molecular complexity index is 1290. The van der Waals surface area contributed by atoms with Crippen LogP contribution in [-0.2, 0) is 16.2 Å². The molecule has 0 aliphatic rings. The lowest BCUT2D eigenvalue weighted by Crippen LogP contribution is -2.19. The third-order valence-electron chi connectivity index (χ3n) is 4.55. The van der Waals surface area contributed by atoms with Crippen LogP contribution in [0.2, 0.25) is 5.02 Å². The summed E-state index contributed by atoms with van der Waals surface area (Å²) in [6.45, 7) is 3.35. The van der Waals surface area contributed by atoms with Gasteiger partial charge in [0, 0.05) is 16.3 Å². The smallest absolute Gasteiger partial charge is 0.321 e. The van der Waals surface area contributed by atoms with E-state index in [0.29, 0.717) is 17.3 Å². The summed E-state index contributed by atoms with van der Waals surface area (Å²) in [5, 5.41) is 2.05. The van der Waals surface area contributed by atoms with E-state index in [9.17, 15) is 26.4 Å². The lowest BCUT2D eigenvalue weighted by atomic mass is 10.1. The van der Waals surface area contributed by atoms with E-state index in [1.807, 2.05) is 0 Å². The Balaban J connectivity index is 1.93. The zero-order valence-corrected chi connectivity index (χ0v) is 18.5. The number of hydrogen-bond acceptors (Lipinski definition) is 3. The summed E-state index contributed by atoms with van der Waals surface area (Å²) in [6.07, 6.45) is -4.74. The minimum Gasteiger partial charge on any atom is -0.321 e. The Labute approximate surface area is 188 Å². The normalized spacial score (nSPS) is 11.8. The molecule has 0 spiro atoms. The molecule has 32 heavy (non-hydrogen) atoms. The van der Waals surface area contributed by atoms with E-state index in [-0.39, 0.29) is 15.5 Å². The fraction of sp³-hybridized carbons (Fsp3) is 0.136. The first-order chi connectivity index (χ1) is 14.9. The van der Waals surface area contributed by atoms with Gasteiger partial charge in [0.05, 0.1) is 16.1 Å². The molecule has 5 nitrogen and oxygen atoms in total. The lowest BCUT2D eigenvalue weighted by Gasteiger charge is -2.15. The quantitative estimate of drug-likeness (QED) is 0.466. The number of benzene rings is 3. The van der Waals surface area contributed by atoms with Gasteiger partial charge in [0.1, 0.15) is 0 Å². The summed E-state index contributed by atoms with van der Waals surface area (Å²) < 4.78 is 68.1. The number of nitrogens with one attached hydrogen (secondary N) is 2. The number of rotatable bonds is 5. The molecule has 0 aliphatic heterocycles. The van der Waals surface area contributed by atoms with Crippen molar-refractivity contribution in [1.82, 2.24) is 0 Å². The van der Waals surface area contributed by atoms with Gasteiger partial charge in [-0.05, 0) is 67.4 Å². The van der Waals surface area contributed by atoms with Crippen LogP contribution >= 0.6 is 11.6 Å². The van der Waals surface area contributed by atoms with Crippen molar-refractivity contribution in [2.24, 2.45) is 0 Å². The van der Waals surface area contributed by atoms with Crippen LogP contribution < -0.4 is 10.0 Å². The molecule has 0 aliphatic carbocycles. The van der Waals surface area contributed by atoms with E-state index < -0.39 is 33.4 Å². The van der Waals surface area contributed by atoms with Crippen LogP contribution in [0.5, 0.6) is 0 Å². The SMILES string of the molecule is Cc1cccc(NS(=O)(=O)c2cc(C(=O)Nc3ccc(Cl)cc3C(F)(F)F)ccc2C)c1. The highest BCUT2D eigenvalue weighted by Crippen LogP contribution is 2.36. The summed E-state index contributed by atoms with van der Waals surface area (Å²) in [7, 11) is -4.05. The number of alkyl halides is 3. The van der Waals surface area contributed by atoms with E-state index in [1.54, 1.807) is 38.1 Å². The van der Waals surface area contributed by atoms with Gasteiger partial charge in [-0.1, -0.05) is 29.8 Å². The first kappa shape index (κ1) is 23.6. The highest BCUT2D eigenvalue weighted by molar-refractivity contribution is 7.92. The molecule has 0 saturated heterocycles. The summed E-state index contributed by atoms with van der Waals surface area (Å²) in [4.78, 5) is 12.5. The van der Waals surface area contributed by atoms with Crippen molar-refractivity contribution in [3.8, 4) is 0 Å². The van der Waals surface area contributed by atoms with Crippen LogP contribution in [0.4, 0.5) is 24.5 Å². The summed E-state index contributed by atoms with van der Waals surface area (Å²) >= 11 is 5.65. The van der Waals surface area contributed by atoms with Gasteiger partial charge < -0.3 is 5.32 Å². The zero-order valence-electron chi connectivity index (χ0n) is 16.9. The van der Waals surface area contributed by atoms with Crippen LogP contribution in [0.25, 0.3) is 0 Å². The number of halogens is 4. The lowest BCUT2D eigenvalue weighted by molar-refractivity contribution is -0.136. The molecule has 0 bridgehead atoms. The second-order valence-electron chi connectivity index (χ2n) is 7.10. The maximum absolute atomic E-state index is 13.3. The van der Waals surface area contributed by atoms with Gasteiger partial charge in [-0.25, -0.2) is 8.42 Å². The standard InChI is InChI=1S/C22H18ClF3N2O3S/c1-13-4-3-5-17(10-13)28-32(30,31)20-11-15(7-6-14(20)2)21(29)27-19-9-8-16(23)12-18(19)22(24,25)26/h3-12,28H,1-2H3,(H,27,29). The van der Waals surface area contributed by atoms with Crippen LogP contribution in [0.1, 0.15) is 27.0 Å².